The summed E-state index contributed by atoms with van der Waals surface area (Å²) in [5.74, 6) is 5.66. The Morgan fingerprint density at radius 1 is 1.50 bits per heavy atom. The van der Waals surface area contributed by atoms with Gasteiger partial charge in [-0.05, 0) is 43.7 Å². The summed E-state index contributed by atoms with van der Waals surface area (Å²) in [5.41, 5.74) is 4.07. The Labute approximate surface area is 112 Å². The smallest absolute Gasteiger partial charge is 0.0629 e. The van der Waals surface area contributed by atoms with Crippen molar-refractivity contribution in [1.82, 2.24) is 15.2 Å². The quantitative estimate of drug-likeness (QED) is 0.597. The third-order valence-corrected chi connectivity index (χ3v) is 4.04. The summed E-state index contributed by atoms with van der Waals surface area (Å²) in [5, 5.41) is 6.41. The van der Waals surface area contributed by atoms with Crippen LogP contribution in [0, 0.1) is 0 Å². The number of thiophene rings is 1. The molecule has 1 unspecified atom stereocenters. The molecule has 2 rings (SSSR count). The summed E-state index contributed by atoms with van der Waals surface area (Å²) in [6.07, 6.45) is 5.11. The molecule has 18 heavy (non-hydrogen) atoms. The summed E-state index contributed by atoms with van der Waals surface area (Å²) in [7, 11) is 0. The first kappa shape index (κ1) is 13.3. The van der Waals surface area contributed by atoms with E-state index < -0.39 is 0 Å². The molecule has 2 aromatic rings. The number of rotatable bonds is 7. The van der Waals surface area contributed by atoms with Gasteiger partial charge in [-0.15, -0.1) is 11.3 Å². The first-order chi connectivity index (χ1) is 8.85. The maximum Gasteiger partial charge on any atom is 0.0629 e. The van der Waals surface area contributed by atoms with E-state index in [1.54, 1.807) is 0 Å². The molecule has 1 atom stereocenters. The van der Waals surface area contributed by atoms with Gasteiger partial charge in [0.15, 0.2) is 0 Å². The Kier molecular flexibility index (Phi) is 4.92. The fourth-order valence-corrected chi connectivity index (χ4v) is 2.91. The highest BCUT2D eigenvalue weighted by Crippen LogP contribution is 2.20. The van der Waals surface area contributed by atoms with Crippen molar-refractivity contribution in [3.05, 3.63) is 40.3 Å². The van der Waals surface area contributed by atoms with Gasteiger partial charge in [0.05, 0.1) is 11.7 Å². The molecule has 5 heteroatoms. The number of aryl methyl sites for hydroxylation is 2. The van der Waals surface area contributed by atoms with Gasteiger partial charge in [0, 0.05) is 17.6 Å². The highest BCUT2D eigenvalue weighted by Gasteiger charge is 2.13. The standard InChI is InChI=1S/C13H20N4S/c1-2-17-13(8-9-15-17)12(16-14)7-3-5-11-6-4-10-18-11/h4,6,8-10,12,16H,2-3,5,7,14H2,1H3. The summed E-state index contributed by atoms with van der Waals surface area (Å²) in [4.78, 5) is 1.44. The highest BCUT2D eigenvalue weighted by molar-refractivity contribution is 7.09. The molecule has 0 saturated carbocycles. The lowest BCUT2D eigenvalue weighted by atomic mass is 10.1. The average molecular weight is 264 g/mol. The largest absolute Gasteiger partial charge is 0.271 e. The van der Waals surface area contributed by atoms with Crippen molar-refractivity contribution in [1.29, 1.82) is 0 Å². The van der Waals surface area contributed by atoms with Crippen LogP contribution in [0.15, 0.2) is 29.8 Å². The summed E-state index contributed by atoms with van der Waals surface area (Å²) in [6.45, 7) is 2.97. The van der Waals surface area contributed by atoms with E-state index >= 15 is 0 Å². The number of hydrogen-bond acceptors (Lipinski definition) is 4. The van der Waals surface area contributed by atoms with Crippen LogP contribution in [0.25, 0.3) is 0 Å². The highest BCUT2D eigenvalue weighted by atomic mass is 32.1. The molecule has 0 aliphatic carbocycles. The van der Waals surface area contributed by atoms with Crippen molar-refractivity contribution < 1.29 is 0 Å². The maximum absolute atomic E-state index is 5.66. The molecule has 0 fully saturated rings. The van der Waals surface area contributed by atoms with Gasteiger partial charge in [0.2, 0.25) is 0 Å². The number of aromatic nitrogens is 2. The normalized spacial score (nSPS) is 12.8. The minimum absolute atomic E-state index is 0.187. The van der Waals surface area contributed by atoms with Gasteiger partial charge in [-0.1, -0.05) is 6.07 Å². The zero-order valence-corrected chi connectivity index (χ0v) is 11.5. The second-order valence-corrected chi connectivity index (χ2v) is 5.29. The van der Waals surface area contributed by atoms with E-state index in [1.165, 1.54) is 10.6 Å². The molecule has 2 aromatic heterocycles. The predicted octanol–water partition coefficient (Wildman–Crippen LogP) is 2.49. The lowest BCUT2D eigenvalue weighted by Crippen LogP contribution is -2.30. The van der Waals surface area contributed by atoms with Gasteiger partial charge in [-0.3, -0.25) is 16.0 Å². The van der Waals surface area contributed by atoms with Crippen LogP contribution in [0.4, 0.5) is 0 Å². The Hall–Kier alpha value is -1.17. The first-order valence-electron chi connectivity index (χ1n) is 6.35. The molecule has 2 heterocycles. The van der Waals surface area contributed by atoms with Gasteiger partial charge in [0.1, 0.15) is 0 Å². The third kappa shape index (κ3) is 3.19. The van der Waals surface area contributed by atoms with E-state index in [0.717, 1.165) is 25.8 Å². The Morgan fingerprint density at radius 3 is 3.06 bits per heavy atom. The molecular weight excluding hydrogens is 244 g/mol. The van der Waals surface area contributed by atoms with Crippen molar-refractivity contribution in [3.8, 4) is 0 Å². The lowest BCUT2D eigenvalue weighted by Gasteiger charge is -2.16. The predicted molar refractivity (Wildman–Crippen MR) is 75.2 cm³/mol. The summed E-state index contributed by atoms with van der Waals surface area (Å²) >= 11 is 1.82. The Bertz CT molecular complexity index is 449. The van der Waals surface area contributed by atoms with Crippen LogP contribution in [0.5, 0.6) is 0 Å². The zero-order valence-electron chi connectivity index (χ0n) is 10.7. The number of hydrogen-bond donors (Lipinski definition) is 2. The van der Waals surface area contributed by atoms with Crippen molar-refractivity contribution in [2.75, 3.05) is 0 Å². The zero-order chi connectivity index (χ0) is 12.8. The molecule has 0 aromatic carbocycles. The molecule has 0 spiro atoms. The minimum atomic E-state index is 0.187. The second kappa shape index (κ2) is 6.68. The summed E-state index contributed by atoms with van der Waals surface area (Å²) in [6, 6.07) is 6.52. The maximum atomic E-state index is 5.66. The van der Waals surface area contributed by atoms with Crippen LogP contribution in [-0.2, 0) is 13.0 Å². The fraction of sp³-hybridized carbons (Fsp3) is 0.462. The van der Waals surface area contributed by atoms with E-state index in [4.69, 9.17) is 5.84 Å². The van der Waals surface area contributed by atoms with Crippen LogP contribution >= 0.6 is 11.3 Å². The van der Waals surface area contributed by atoms with Gasteiger partial charge in [0.25, 0.3) is 0 Å². The van der Waals surface area contributed by atoms with Crippen LogP contribution in [0.2, 0.25) is 0 Å². The van der Waals surface area contributed by atoms with E-state index in [1.807, 2.05) is 28.3 Å². The van der Waals surface area contributed by atoms with Crippen molar-refractivity contribution >= 4 is 11.3 Å². The molecule has 0 radical (unpaired) electrons. The first-order valence-corrected chi connectivity index (χ1v) is 7.23. The lowest BCUT2D eigenvalue weighted by molar-refractivity contribution is 0.456. The molecule has 0 amide bonds. The average Bonchev–Trinajstić information content (AvgIpc) is 3.05. The van der Waals surface area contributed by atoms with Crippen molar-refractivity contribution in [2.45, 2.75) is 38.8 Å². The number of hydrazine groups is 1. The van der Waals surface area contributed by atoms with Crippen LogP contribution < -0.4 is 11.3 Å². The fourth-order valence-electron chi connectivity index (χ4n) is 2.15. The molecule has 0 saturated heterocycles. The van der Waals surface area contributed by atoms with Gasteiger partial charge in [-0.25, -0.2) is 0 Å². The topological polar surface area (TPSA) is 55.9 Å². The van der Waals surface area contributed by atoms with E-state index in [0.29, 0.717) is 0 Å². The van der Waals surface area contributed by atoms with Gasteiger partial charge >= 0.3 is 0 Å². The minimum Gasteiger partial charge on any atom is -0.271 e. The van der Waals surface area contributed by atoms with E-state index in [9.17, 15) is 0 Å². The Morgan fingerprint density at radius 2 is 2.39 bits per heavy atom. The molecule has 3 N–H and O–H groups in total. The molecule has 4 nitrogen and oxygen atoms in total. The van der Waals surface area contributed by atoms with Crippen molar-refractivity contribution in [2.24, 2.45) is 5.84 Å². The van der Waals surface area contributed by atoms with E-state index in [-0.39, 0.29) is 6.04 Å². The number of nitrogens with one attached hydrogen (secondary N) is 1. The molecule has 0 aliphatic rings. The van der Waals surface area contributed by atoms with Crippen LogP contribution in [0.3, 0.4) is 0 Å². The summed E-state index contributed by atoms with van der Waals surface area (Å²) < 4.78 is 2.00. The van der Waals surface area contributed by atoms with Crippen LogP contribution in [-0.4, -0.2) is 9.78 Å². The molecule has 0 bridgehead atoms. The molecule has 98 valence electrons. The molecule has 0 aliphatic heterocycles. The Balaban J connectivity index is 1.89. The second-order valence-electron chi connectivity index (χ2n) is 4.26. The van der Waals surface area contributed by atoms with Gasteiger partial charge in [-0.2, -0.15) is 5.10 Å². The number of nitrogens with two attached hydrogens (primary N) is 1. The van der Waals surface area contributed by atoms with E-state index in [2.05, 4.69) is 35.0 Å². The van der Waals surface area contributed by atoms with Crippen LogP contribution in [0.1, 0.15) is 36.4 Å². The third-order valence-electron chi connectivity index (χ3n) is 3.10. The monoisotopic (exact) mass is 264 g/mol. The SMILES string of the molecule is CCn1nccc1C(CCCc1cccs1)NN. The van der Waals surface area contributed by atoms with Crippen molar-refractivity contribution in [3.63, 3.8) is 0 Å². The molecular formula is C13H20N4S. The van der Waals surface area contributed by atoms with Gasteiger partial charge < -0.3 is 0 Å². The number of nitrogens with zero attached hydrogens (tertiary/aromatic N) is 2.